The summed E-state index contributed by atoms with van der Waals surface area (Å²) in [5.74, 6) is 1.20. The molecule has 2 aliphatic rings. The molecule has 0 N–H and O–H groups in total. The first-order chi connectivity index (χ1) is 11.8. The van der Waals surface area contributed by atoms with Gasteiger partial charge in [0, 0.05) is 10.6 Å². The molecule has 0 radical (unpaired) electrons. The highest BCUT2D eigenvalue weighted by Crippen LogP contribution is 2.26. The lowest BCUT2D eigenvalue weighted by atomic mass is 10.0. The first-order valence-electron chi connectivity index (χ1n) is 8.35. The van der Waals surface area contributed by atoms with E-state index in [4.69, 9.17) is 25.6 Å². The second kappa shape index (κ2) is 7.19. The van der Waals surface area contributed by atoms with Crippen molar-refractivity contribution in [1.29, 1.82) is 0 Å². The third-order valence-corrected chi connectivity index (χ3v) is 4.79. The predicted molar refractivity (Wildman–Crippen MR) is 88.5 cm³/mol. The molecule has 0 spiro atoms. The van der Waals surface area contributed by atoms with Crippen LogP contribution >= 0.6 is 11.6 Å². The number of nitrogens with zero attached hydrogens (tertiary/aromatic N) is 3. The Hall–Kier alpha value is -1.47. The highest BCUT2D eigenvalue weighted by Gasteiger charge is 2.34. The van der Waals surface area contributed by atoms with Crippen molar-refractivity contribution in [2.75, 3.05) is 19.8 Å². The van der Waals surface area contributed by atoms with Crippen molar-refractivity contribution in [3.63, 3.8) is 0 Å². The first-order valence-corrected chi connectivity index (χ1v) is 8.73. The fraction of sp³-hybridized carbons (Fsp3) is 0.529. The highest BCUT2D eigenvalue weighted by atomic mass is 35.5. The van der Waals surface area contributed by atoms with E-state index in [-0.39, 0.29) is 12.3 Å². The zero-order valence-corrected chi connectivity index (χ0v) is 14.1. The number of aromatic nitrogens is 2. The van der Waals surface area contributed by atoms with Crippen LogP contribution in [-0.2, 0) is 16.0 Å². The third kappa shape index (κ3) is 3.47. The predicted octanol–water partition coefficient (Wildman–Crippen LogP) is 3.12. The summed E-state index contributed by atoms with van der Waals surface area (Å²) in [5.41, 5.74) is 0.895. The molecule has 2 aromatic rings. The Bertz CT molecular complexity index is 670. The molecule has 128 valence electrons. The second-order valence-electron chi connectivity index (χ2n) is 6.16. The van der Waals surface area contributed by atoms with Gasteiger partial charge in [0.05, 0.1) is 25.8 Å². The molecule has 1 atom stereocenters. The van der Waals surface area contributed by atoms with E-state index in [0.29, 0.717) is 36.5 Å². The van der Waals surface area contributed by atoms with Crippen LogP contribution in [0.15, 0.2) is 28.8 Å². The maximum Gasteiger partial charge on any atom is 0.241 e. The van der Waals surface area contributed by atoms with Gasteiger partial charge in [0.15, 0.2) is 6.29 Å². The molecule has 2 aliphatic heterocycles. The number of benzene rings is 1. The molecule has 1 aromatic heterocycles. The molecule has 0 amide bonds. The van der Waals surface area contributed by atoms with E-state index in [0.717, 1.165) is 18.5 Å². The van der Waals surface area contributed by atoms with E-state index in [2.05, 4.69) is 15.0 Å². The Morgan fingerprint density at radius 2 is 1.92 bits per heavy atom. The smallest absolute Gasteiger partial charge is 0.241 e. The quantitative estimate of drug-likeness (QED) is 0.845. The molecule has 1 aromatic carbocycles. The van der Waals surface area contributed by atoms with Gasteiger partial charge in [-0.3, -0.25) is 4.90 Å². The maximum absolute atomic E-state index is 5.92. The molecule has 0 unspecified atom stereocenters. The zero-order chi connectivity index (χ0) is 16.4. The van der Waals surface area contributed by atoms with Crippen molar-refractivity contribution in [3.8, 4) is 11.4 Å². The molecule has 2 saturated heterocycles. The minimum atomic E-state index is -0.135. The van der Waals surface area contributed by atoms with Gasteiger partial charge in [-0.1, -0.05) is 23.2 Å². The Balaban J connectivity index is 1.46. The summed E-state index contributed by atoms with van der Waals surface area (Å²) in [7, 11) is 0. The molecule has 3 heterocycles. The van der Waals surface area contributed by atoms with Gasteiger partial charge in [-0.05, 0) is 43.7 Å². The average Bonchev–Trinajstić information content (AvgIpc) is 3.28. The second-order valence-corrected chi connectivity index (χ2v) is 6.60. The molecule has 0 aliphatic carbocycles. The van der Waals surface area contributed by atoms with Crippen molar-refractivity contribution in [3.05, 3.63) is 35.2 Å². The van der Waals surface area contributed by atoms with Gasteiger partial charge >= 0.3 is 0 Å². The third-order valence-electron chi connectivity index (χ3n) is 4.53. The fourth-order valence-electron chi connectivity index (χ4n) is 3.33. The summed E-state index contributed by atoms with van der Waals surface area (Å²) in [4.78, 5) is 6.85. The molecule has 6 nitrogen and oxygen atoms in total. The van der Waals surface area contributed by atoms with Crippen LogP contribution in [0.4, 0.5) is 0 Å². The van der Waals surface area contributed by atoms with Gasteiger partial charge in [-0.25, -0.2) is 0 Å². The van der Waals surface area contributed by atoms with Crippen LogP contribution in [0.2, 0.25) is 5.02 Å². The Morgan fingerprint density at radius 3 is 2.71 bits per heavy atom. The largest absolute Gasteiger partial charge is 0.349 e. The van der Waals surface area contributed by atoms with Crippen molar-refractivity contribution in [1.82, 2.24) is 15.0 Å². The van der Waals surface area contributed by atoms with E-state index >= 15 is 0 Å². The molecule has 2 fully saturated rings. The van der Waals surface area contributed by atoms with Crippen molar-refractivity contribution in [2.24, 2.45) is 0 Å². The number of hydrogen-bond donors (Lipinski definition) is 0. The Morgan fingerprint density at radius 1 is 1.12 bits per heavy atom. The van der Waals surface area contributed by atoms with Gasteiger partial charge in [-0.15, -0.1) is 0 Å². The molecular formula is C17H20ClN3O3. The summed E-state index contributed by atoms with van der Waals surface area (Å²) in [6.07, 6.45) is 3.30. The van der Waals surface area contributed by atoms with Crippen LogP contribution in [0.5, 0.6) is 0 Å². The van der Waals surface area contributed by atoms with Crippen LogP contribution < -0.4 is 0 Å². The number of likely N-dealkylation sites (tertiary alicyclic amines) is 1. The van der Waals surface area contributed by atoms with Crippen LogP contribution in [0.25, 0.3) is 11.4 Å². The number of halogens is 1. The van der Waals surface area contributed by atoms with Crippen molar-refractivity contribution >= 4 is 11.6 Å². The van der Waals surface area contributed by atoms with E-state index in [1.807, 2.05) is 24.3 Å². The number of hydrogen-bond acceptors (Lipinski definition) is 6. The van der Waals surface area contributed by atoms with Gasteiger partial charge in [0.1, 0.15) is 0 Å². The number of ether oxygens (including phenoxy) is 2. The van der Waals surface area contributed by atoms with Crippen LogP contribution in [0.1, 0.15) is 25.2 Å². The molecule has 0 bridgehead atoms. The van der Waals surface area contributed by atoms with Crippen LogP contribution in [0, 0.1) is 0 Å². The summed E-state index contributed by atoms with van der Waals surface area (Å²) < 4.78 is 16.9. The highest BCUT2D eigenvalue weighted by molar-refractivity contribution is 6.30. The molecule has 0 saturated carbocycles. The SMILES string of the molecule is Clc1ccc(-c2noc(CN3CCCC[C@@H]3C3OCCO3)n2)cc1. The topological polar surface area (TPSA) is 60.6 Å². The summed E-state index contributed by atoms with van der Waals surface area (Å²) in [5, 5.41) is 4.78. The lowest BCUT2D eigenvalue weighted by Crippen LogP contribution is -2.46. The van der Waals surface area contributed by atoms with Gasteiger partial charge in [-0.2, -0.15) is 4.98 Å². The Kier molecular flexibility index (Phi) is 4.80. The Labute approximate surface area is 145 Å². The van der Waals surface area contributed by atoms with E-state index in [1.165, 1.54) is 12.8 Å². The van der Waals surface area contributed by atoms with Gasteiger partial charge in [0.2, 0.25) is 11.7 Å². The minimum Gasteiger partial charge on any atom is -0.349 e. The molecular weight excluding hydrogens is 330 g/mol. The first kappa shape index (κ1) is 16.0. The molecule has 4 rings (SSSR count). The van der Waals surface area contributed by atoms with E-state index in [1.54, 1.807) is 0 Å². The fourth-order valence-corrected chi connectivity index (χ4v) is 3.46. The standard InChI is InChI=1S/C17H20ClN3O3/c18-13-6-4-12(5-7-13)16-19-15(24-20-16)11-21-8-2-1-3-14(21)17-22-9-10-23-17/h4-7,14,17H,1-3,8-11H2/t14-/m1/s1. The summed E-state index contributed by atoms with van der Waals surface area (Å²) in [6, 6.07) is 7.68. The average molecular weight is 350 g/mol. The van der Waals surface area contributed by atoms with Crippen LogP contribution in [0.3, 0.4) is 0 Å². The lowest BCUT2D eigenvalue weighted by Gasteiger charge is -2.36. The normalized spacial score (nSPS) is 23.0. The van der Waals surface area contributed by atoms with Crippen molar-refractivity contribution in [2.45, 2.75) is 38.1 Å². The van der Waals surface area contributed by atoms with Gasteiger partial charge in [0.25, 0.3) is 0 Å². The maximum atomic E-state index is 5.92. The minimum absolute atomic E-state index is 0.135. The van der Waals surface area contributed by atoms with E-state index < -0.39 is 0 Å². The number of piperidine rings is 1. The number of rotatable bonds is 4. The lowest BCUT2D eigenvalue weighted by molar-refractivity contribution is -0.112. The zero-order valence-electron chi connectivity index (χ0n) is 13.4. The van der Waals surface area contributed by atoms with E-state index in [9.17, 15) is 0 Å². The molecule has 24 heavy (non-hydrogen) atoms. The van der Waals surface area contributed by atoms with Gasteiger partial charge < -0.3 is 14.0 Å². The molecule has 7 heteroatoms. The summed E-state index contributed by atoms with van der Waals surface area (Å²) >= 11 is 5.92. The van der Waals surface area contributed by atoms with Crippen LogP contribution in [-0.4, -0.2) is 47.1 Å². The monoisotopic (exact) mass is 349 g/mol. The van der Waals surface area contributed by atoms with Crippen molar-refractivity contribution < 1.29 is 14.0 Å². The summed E-state index contributed by atoms with van der Waals surface area (Å²) in [6.45, 7) is 2.97.